The van der Waals surface area contributed by atoms with Gasteiger partial charge in [0, 0.05) is 36.3 Å². The van der Waals surface area contributed by atoms with Crippen LogP contribution in [0.15, 0.2) is 83.7 Å². The van der Waals surface area contributed by atoms with Crippen LogP contribution in [-0.2, 0) is 12.8 Å². The first-order valence-electron chi connectivity index (χ1n) is 11.3. The van der Waals surface area contributed by atoms with Crippen LogP contribution in [0.2, 0.25) is 0 Å². The smallest absolute Gasteiger partial charge is 0.0416 e. The Labute approximate surface area is 184 Å². The molecule has 2 heteroatoms. The summed E-state index contributed by atoms with van der Waals surface area (Å²) in [6.45, 7) is 17.5. The highest BCUT2D eigenvalue weighted by molar-refractivity contribution is 5.64. The molecule has 1 aromatic carbocycles. The summed E-state index contributed by atoms with van der Waals surface area (Å²) >= 11 is 0. The first-order chi connectivity index (χ1) is 14.5. The van der Waals surface area contributed by atoms with Crippen molar-refractivity contribution >= 4 is 11.9 Å². The molecular formula is C28H38N2. The lowest BCUT2D eigenvalue weighted by molar-refractivity contribution is 0.793. The van der Waals surface area contributed by atoms with E-state index in [2.05, 4.69) is 73.3 Å². The number of aryl methyl sites for hydroxylation is 2. The summed E-state index contributed by atoms with van der Waals surface area (Å²) < 4.78 is 0. The third-order valence-corrected chi connectivity index (χ3v) is 5.57. The Balaban J connectivity index is 2.29. The Morgan fingerprint density at radius 1 is 1.07 bits per heavy atom. The average molecular weight is 403 g/mol. The Kier molecular flexibility index (Phi) is 9.60. The molecular weight excluding hydrogens is 364 g/mol. The van der Waals surface area contributed by atoms with Crippen molar-refractivity contribution in [3.8, 4) is 0 Å². The molecule has 1 fully saturated rings. The second-order valence-electron chi connectivity index (χ2n) is 7.96. The Hall–Kier alpha value is -2.61. The van der Waals surface area contributed by atoms with Crippen molar-refractivity contribution in [1.29, 1.82) is 0 Å². The van der Waals surface area contributed by atoms with Gasteiger partial charge in [-0.1, -0.05) is 45.2 Å². The van der Waals surface area contributed by atoms with Crippen LogP contribution < -0.4 is 4.90 Å². The Morgan fingerprint density at radius 3 is 2.23 bits per heavy atom. The summed E-state index contributed by atoms with van der Waals surface area (Å²) in [4.78, 5) is 7.01. The van der Waals surface area contributed by atoms with Gasteiger partial charge in [0.15, 0.2) is 0 Å². The van der Waals surface area contributed by atoms with Gasteiger partial charge in [0.25, 0.3) is 0 Å². The maximum atomic E-state index is 4.58. The SMILES string of the molecule is C=C/C(=C\C)C\C=N/C(C)=C/C=C(\C=C)N(CC1CC1)c1cc(CC)cc(CC)c1. The molecule has 0 spiro atoms. The third kappa shape index (κ3) is 7.33. The van der Waals surface area contributed by atoms with Gasteiger partial charge < -0.3 is 4.90 Å². The van der Waals surface area contributed by atoms with E-state index in [-0.39, 0.29) is 0 Å². The molecule has 1 saturated carbocycles. The molecule has 2 rings (SSSR count). The summed E-state index contributed by atoms with van der Waals surface area (Å²) in [5.74, 6) is 0.782. The minimum atomic E-state index is 0.782. The number of aliphatic imine (C=N–C) groups is 1. The van der Waals surface area contributed by atoms with Crippen LogP contribution in [0.25, 0.3) is 0 Å². The van der Waals surface area contributed by atoms with Crippen molar-refractivity contribution in [2.75, 3.05) is 11.4 Å². The number of hydrogen-bond donors (Lipinski definition) is 0. The number of benzene rings is 1. The molecule has 0 saturated heterocycles. The number of hydrogen-bond acceptors (Lipinski definition) is 2. The van der Waals surface area contributed by atoms with Gasteiger partial charge in [-0.2, -0.15) is 0 Å². The first kappa shape index (κ1) is 23.7. The van der Waals surface area contributed by atoms with Crippen LogP contribution in [-0.4, -0.2) is 12.8 Å². The van der Waals surface area contributed by atoms with Crippen LogP contribution in [0.1, 0.15) is 58.1 Å². The lowest BCUT2D eigenvalue weighted by Crippen LogP contribution is -2.24. The molecule has 1 aromatic rings. The standard InChI is InChI=1S/C28H38N2/c1-7-23(8-2)16-17-29-22(6)12-15-27(11-5)30(21-26-13-14-26)28-19-24(9-3)18-25(10-4)20-28/h7-8,11-12,15,17-20,26H,1,5,9-10,13-14,16,21H2,2-4,6H3/b22-12+,23-8+,27-15+,29-17-. The summed E-state index contributed by atoms with van der Waals surface area (Å²) in [6.07, 6.45) is 17.7. The lowest BCUT2D eigenvalue weighted by Gasteiger charge is -2.27. The normalized spacial score (nSPS) is 15.5. The number of nitrogens with zero attached hydrogens (tertiary/aromatic N) is 2. The maximum absolute atomic E-state index is 4.58. The number of anilines is 1. The molecule has 160 valence electrons. The van der Waals surface area contributed by atoms with Crippen molar-refractivity contribution in [3.63, 3.8) is 0 Å². The van der Waals surface area contributed by atoms with E-state index in [1.165, 1.54) is 35.2 Å². The van der Waals surface area contributed by atoms with Gasteiger partial charge in [0.05, 0.1) is 0 Å². The predicted octanol–water partition coefficient (Wildman–Crippen LogP) is 7.59. The van der Waals surface area contributed by atoms with Crippen molar-refractivity contribution in [2.45, 2.75) is 59.8 Å². The Bertz CT molecular complexity index is 825. The fourth-order valence-corrected chi connectivity index (χ4v) is 3.36. The first-order valence-corrected chi connectivity index (χ1v) is 11.3. The highest BCUT2D eigenvalue weighted by atomic mass is 15.1. The van der Waals surface area contributed by atoms with E-state index in [4.69, 9.17) is 0 Å². The van der Waals surface area contributed by atoms with E-state index in [1.807, 2.05) is 32.2 Å². The third-order valence-electron chi connectivity index (χ3n) is 5.57. The second-order valence-corrected chi connectivity index (χ2v) is 7.96. The lowest BCUT2D eigenvalue weighted by atomic mass is 10.0. The molecule has 0 bridgehead atoms. The van der Waals surface area contributed by atoms with Crippen LogP contribution >= 0.6 is 0 Å². The molecule has 30 heavy (non-hydrogen) atoms. The molecule has 0 amide bonds. The molecule has 0 atom stereocenters. The highest BCUT2D eigenvalue weighted by Gasteiger charge is 2.25. The van der Waals surface area contributed by atoms with E-state index in [9.17, 15) is 0 Å². The minimum absolute atomic E-state index is 0.782. The molecule has 0 aromatic heterocycles. The van der Waals surface area contributed by atoms with Crippen LogP contribution in [0.4, 0.5) is 5.69 Å². The van der Waals surface area contributed by atoms with Gasteiger partial charge in [-0.3, -0.25) is 4.99 Å². The molecule has 0 heterocycles. The van der Waals surface area contributed by atoms with Gasteiger partial charge in [-0.25, -0.2) is 0 Å². The van der Waals surface area contributed by atoms with Gasteiger partial charge >= 0.3 is 0 Å². The van der Waals surface area contributed by atoms with Gasteiger partial charge in [-0.05, 0) is 92.5 Å². The van der Waals surface area contributed by atoms with E-state index < -0.39 is 0 Å². The molecule has 1 aliphatic rings. The van der Waals surface area contributed by atoms with Crippen LogP contribution in [0.3, 0.4) is 0 Å². The van der Waals surface area contributed by atoms with Crippen molar-refractivity contribution < 1.29 is 0 Å². The Morgan fingerprint density at radius 2 is 1.73 bits per heavy atom. The van der Waals surface area contributed by atoms with E-state index >= 15 is 0 Å². The van der Waals surface area contributed by atoms with Crippen molar-refractivity contribution in [2.24, 2.45) is 10.9 Å². The topological polar surface area (TPSA) is 15.6 Å². The van der Waals surface area contributed by atoms with Crippen LogP contribution in [0, 0.1) is 5.92 Å². The zero-order chi connectivity index (χ0) is 21.9. The van der Waals surface area contributed by atoms with E-state index in [0.717, 1.165) is 43.1 Å². The minimum Gasteiger partial charge on any atom is -0.341 e. The van der Waals surface area contributed by atoms with Gasteiger partial charge in [-0.15, -0.1) is 0 Å². The van der Waals surface area contributed by atoms with Crippen molar-refractivity contribution in [3.05, 3.63) is 89.8 Å². The molecule has 0 radical (unpaired) electrons. The second kappa shape index (κ2) is 12.2. The molecule has 0 unspecified atom stereocenters. The molecule has 2 nitrogen and oxygen atoms in total. The largest absolute Gasteiger partial charge is 0.341 e. The fraction of sp³-hybridized carbons (Fsp3) is 0.393. The summed E-state index contributed by atoms with van der Waals surface area (Å²) in [5, 5.41) is 0. The summed E-state index contributed by atoms with van der Waals surface area (Å²) in [5.41, 5.74) is 7.37. The zero-order valence-electron chi connectivity index (χ0n) is 19.3. The van der Waals surface area contributed by atoms with E-state index in [1.54, 1.807) is 0 Å². The average Bonchev–Trinajstić information content (AvgIpc) is 3.60. The fourth-order valence-electron chi connectivity index (χ4n) is 3.36. The quantitative estimate of drug-likeness (QED) is 0.260. The van der Waals surface area contributed by atoms with E-state index in [0.29, 0.717) is 0 Å². The zero-order valence-corrected chi connectivity index (χ0v) is 19.3. The number of rotatable bonds is 12. The highest BCUT2D eigenvalue weighted by Crippen LogP contribution is 2.34. The predicted molar refractivity (Wildman–Crippen MR) is 134 cm³/mol. The molecule has 0 aliphatic heterocycles. The molecule has 0 N–H and O–H groups in total. The van der Waals surface area contributed by atoms with Gasteiger partial charge in [0.2, 0.25) is 0 Å². The summed E-state index contributed by atoms with van der Waals surface area (Å²) in [7, 11) is 0. The maximum Gasteiger partial charge on any atom is 0.0416 e. The van der Waals surface area contributed by atoms with Gasteiger partial charge in [0.1, 0.15) is 0 Å². The molecule has 1 aliphatic carbocycles. The monoisotopic (exact) mass is 402 g/mol. The summed E-state index contributed by atoms with van der Waals surface area (Å²) in [6, 6.07) is 7.00. The number of allylic oxidation sites excluding steroid dienone is 7. The van der Waals surface area contributed by atoms with Crippen LogP contribution in [0.5, 0.6) is 0 Å². The van der Waals surface area contributed by atoms with Crippen molar-refractivity contribution in [1.82, 2.24) is 0 Å².